The van der Waals surface area contributed by atoms with Crippen LogP contribution in [-0.4, -0.2) is 43.2 Å². The maximum atomic E-state index is 12.0. The van der Waals surface area contributed by atoms with Crippen molar-refractivity contribution in [2.75, 3.05) is 32.6 Å². The van der Waals surface area contributed by atoms with Crippen molar-refractivity contribution < 1.29 is 9.53 Å². The van der Waals surface area contributed by atoms with Crippen LogP contribution in [0.2, 0.25) is 0 Å². The molecule has 5 nitrogen and oxygen atoms in total. The first-order valence-electron chi connectivity index (χ1n) is 6.01. The number of nitrogens with one attached hydrogen (secondary N) is 2. The number of methoxy groups -OCH3 is 1. The molecule has 0 heterocycles. The highest BCUT2D eigenvalue weighted by Crippen LogP contribution is 2.22. The van der Waals surface area contributed by atoms with Crippen molar-refractivity contribution in [1.82, 2.24) is 10.2 Å². The Morgan fingerprint density at radius 1 is 1.42 bits per heavy atom. The molecule has 104 valence electrons. The second-order valence-corrected chi connectivity index (χ2v) is 4.20. The molecule has 0 aliphatic heterocycles. The van der Waals surface area contributed by atoms with E-state index in [2.05, 4.69) is 10.6 Å². The lowest BCUT2D eigenvalue weighted by Gasteiger charge is -2.22. The second-order valence-electron chi connectivity index (χ2n) is 3.82. The van der Waals surface area contributed by atoms with Gasteiger partial charge in [-0.25, -0.2) is 0 Å². The lowest BCUT2D eigenvalue weighted by Crippen LogP contribution is -2.42. The Hall–Kier alpha value is -1.82. The third-order valence-corrected chi connectivity index (χ3v) is 3.06. The average molecular weight is 281 g/mol. The summed E-state index contributed by atoms with van der Waals surface area (Å²) in [5.74, 6) is 0.499. The third-order valence-electron chi connectivity index (χ3n) is 2.60. The second kappa shape index (κ2) is 7.58. The number of hydrogen-bond donors (Lipinski definition) is 2. The van der Waals surface area contributed by atoms with Crippen molar-refractivity contribution in [3.05, 3.63) is 24.3 Å². The van der Waals surface area contributed by atoms with Crippen LogP contribution in [0.25, 0.3) is 0 Å². The Labute approximate surface area is 118 Å². The van der Waals surface area contributed by atoms with Gasteiger partial charge in [0.2, 0.25) is 5.91 Å². The first-order valence-corrected chi connectivity index (χ1v) is 6.42. The molecule has 0 atom stereocenters. The Morgan fingerprint density at radius 3 is 2.68 bits per heavy atom. The zero-order valence-corrected chi connectivity index (χ0v) is 12.2. The number of para-hydroxylation sites is 2. The number of benzene rings is 1. The van der Waals surface area contributed by atoms with Gasteiger partial charge in [-0.1, -0.05) is 12.1 Å². The Balaban J connectivity index is 2.66. The Bertz CT molecular complexity index is 451. The predicted octanol–water partition coefficient (Wildman–Crippen LogP) is 1.46. The predicted molar refractivity (Wildman–Crippen MR) is 80.5 cm³/mol. The van der Waals surface area contributed by atoms with Gasteiger partial charge in [0.05, 0.1) is 19.3 Å². The summed E-state index contributed by atoms with van der Waals surface area (Å²) < 4.78 is 5.18. The lowest BCUT2D eigenvalue weighted by atomic mass is 10.3. The molecule has 0 spiro atoms. The number of thiocarbonyl (C=S) groups is 1. The van der Waals surface area contributed by atoms with Gasteiger partial charge < -0.3 is 20.3 Å². The number of ether oxygens (including phenoxy) is 1. The molecule has 6 heteroatoms. The van der Waals surface area contributed by atoms with E-state index in [4.69, 9.17) is 17.0 Å². The molecule has 0 aliphatic carbocycles. The molecule has 1 aromatic carbocycles. The van der Waals surface area contributed by atoms with Crippen molar-refractivity contribution >= 4 is 28.9 Å². The van der Waals surface area contributed by atoms with Crippen molar-refractivity contribution in [3.63, 3.8) is 0 Å². The van der Waals surface area contributed by atoms with E-state index in [1.54, 1.807) is 31.2 Å². The first kappa shape index (κ1) is 15.2. The van der Waals surface area contributed by atoms with Crippen LogP contribution >= 0.6 is 12.2 Å². The van der Waals surface area contributed by atoms with E-state index in [-0.39, 0.29) is 12.5 Å². The van der Waals surface area contributed by atoms with Gasteiger partial charge in [0.15, 0.2) is 5.11 Å². The van der Waals surface area contributed by atoms with Crippen LogP contribution in [0.3, 0.4) is 0 Å². The van der Waals surface area contributed by atoms with Gasteiger partial charge in [-0.3, -0.25) is 4.79 Å². The number of carbonyl (C=O) groups excluding carboxylic acids is 1. The molecule has 0 aromatic heterocycles. The smallest absolute Gasteiger partial charge is 0.244 e. The highest BCUT2D eigenvalue weighted by atomic mass is 32.1. The van der Waals surface area contributed by atoms with Crippen LogP contribution in [0.4, 0.5) is 5.69 Å². The van der Waals surface area contributed by atoms with E-state index in [1.807, 2.05) is 19.1 Å². The number of anilines is 1. The van der Waals surface area contributed by atoms with Crippen LogP contribution in [0.5, 0.6) is 5.75 Å². The van der Waals surface area contributed by atoms with E-state index in [0.29, 0.717) is 23.1 Å². The summed E-state index contributed by atoms with van der Waals surface area (Å²) in [4.78, 5) is 13.8. The highest BCUT2D eigenvalue weighted by Gasteiger charge is 2.12. The van der Waals surface area contributed by atoms with Crippen molar-refractivity contribution in [3.8, 4) is 5.75 Å². The summed E-state index contributed by atoms with van der Waals surface area (Å²) in [6.45, 7) is 2.81. The number of amides is 1. The maximum Gasteiger partial charge on any atom is 0.244 e. The normalized spacial score (nSPS) is 9.63. The fourth-order valence-corrected chi connectivity index (χ4v) is 1.79. The molecule has 0 aliphatic rings. The zero-order chi connectivity index (χ0) is 14.3. The van der Waals surface area contributed by atoms with Crippen LogP contribution < -0.4 is 15.4 Å². The van der Waals surface area contributed by atoms with E-state index < -0.39 is 0 Å². The summed E-state index contributed by atoms with van der Waals surface area (Å²) in [5.41, 5.74) is 0.654. The summed E-state index contributed by atoms with van der Waals surface area (Å²) in [5, 5.41) is 6.23. The number of hydrogen-bond acceptors (Lipinski definition) is 3. The van der Waals surface area contributed by atoms with Crippen LogP contribution in [0.1, 0.15) is 6.92 Å². The summed E-state index contributed by atoms with van der Waals surface area (Å²) >= 11 is 5.12. The minimum absolute atomic E-state index is 0.135. The van der Waals surface area contributed by atoms with Crippen LogP contribution in [0.15, 0.2) is 24.3 Å². The van der Waals surface area contributed by atoms with Gasteiger partial charge in [-0.15, -0.1) is 0 Å². The van der Waals surface area contributed by atoms with Gasteiger partial charge in [-0.2, -0.15) is 0 Å². The molecule has 0 saturated heterocycles. The fourth-order valence-electron chi connectivity index (χ4n) is 1.60. The third kappa shape index (κ3) is 4.40. The largest absolute Gasteiger partial charge is 0.495 e. The van der Waals surface area contributed by atoms with E-state index in [9.17, 15) is 4.79 Å². The zero-order valence-electron chi connectivity index (χ0n) is 11.4. The summed E-state index contributed by atoms with van der Waals surface area (Å²) in [6.07, 6.45) is 0. The van der Waals surface area contributed by atoms with Crippen LogP contribution in [0, 0.1) is 0 Å². The molecule has 1 amide bonds. The van der Waals surface area contributed by atoms with Gasteiger partial charge in [-0.05, 0) is 31.3 Å². The fraction of sp³-hybridized carbons (Fsp3) is 0.385. The molecule has 0 fully saturated rings. The molecule has 0 radical (unpaired) electrons. The lowest BCUT2D eigenvalue weighted by molar-refractivity contribution is -0.116. The van der Waals surface area contributed by atoms with Crippen molar-refractivity contribution in [1.29, 1.82) is 0 Å². The molecule has 0 saturated carbocycles. The molecule has 1 rings (SSSR count). The van der Waals surface area contributed by atoms with Crippen LogP contribution in [-0.2, 0) is 4.79 Å². The molecule has 19 heavy (non-hydrogen) atoms. The van der Waals surface area contributed by atoms with E-state index in [0.717, 1.165) is 0 Å². The molecular weight excluding hydrogens is 262 g/mol. The molecular formula is C13H19N3O2S. The van der Waals surface area contributed by atoms with Crippen molar-refractivity contribution in [2.45, 2.75) is 6.92 Å². The first-order chi connectivity index (χ1) is 9.12. The number of rotatable bonds is 5. The van der Waals surface area contributed by atoms with Gasteiger partial charge >= 0.3 is 0 Å². The van der Waals surface area contributed by atoms with Crippen molar-refractivity contribution in [2.24, 2.45) is 0 Å². The average Bonchev–Trinajstić information content (AvgIpc) is 2.44. The minimum Gasteiger partial charge on any atom is -0.495 e. The van der Waals surface area contributed by atoms with E-state index >= 15 is 0 Å². The molecule has 0 bridgehead atoms. The number of likely N-dealkylation sites (N-methyl/N-ethyl adjacent to an activating group) is 1. The number of carbonyl (C=O) groups is 1. The summed E-state index contributed by atoms with van der Waals surface area (Å²) in [7, 11) is 3.31. The Kier molecular flexibility index (Phi) is 6.08. The SMILES string of the molecule is CCN(CC(=O)Nc1ccccc1OC)C(=S)NC. The highest BCUT2D eigenvalue weighted by molar-refractivity contribution is 7.80. The topological polar surface area (TPSA) is 53.6 Å². The maximum absolute atomic E-state index is 12.0. The Morgan fingerprint density at radius 2 is 2.11 bits per heavy atom. The molecule has 2 N–H and O–H groups in total. The molecule has 1 aromatic rings. The van der Waals surface area contributed by atoms with Gasteiger partial charge in [0.25, 0.3) is 0 Å². The van der Waals surface area contributed by atoms with Gasteiger partial charge in [0.1, 0.15) is 5.75 Å². The van der Waals surface area contributed by atoms with Gasteiger partial charge in [0, 0.05) is 13.6 Å². The van der Waals surface area contributed by atoms with E-state index in [1.165, 1.54) is 0 Å². The monoisotopic (exact) mass is 281 g/mol. The summed E-state index contributed by atoms with van der Waals surface area (Å²) in [6, 6.07) is 7.28. The number of nitrogens with zero attached hydrogens (tertiary/aromatic N) is 1. The molecule has 0 unspecified atom stereocenters. The standard InChI is InChI=1S/C13H19N3O2S/c1-4-16(13(19)14-2)9-12(17)15-10-7-5-6-8-11(10)18-3/h5-8H,4,9H2,1-3H3,(H,14,19)(H,15,17). The quantitative estimate of drug-likeness (QED) is 0.800. The minimum atomic E-state index is -0.135.